The normalized spacial score (nSPS) is 24.7. The molecule has 16 nitrogen and oxygen atoms in total. The summed E-state index contributed by atoms with van der Waals surface area (Å²) in [6.45, 7) is 18.0. The lowest BCUT2D eigenvalue weighted by Gasteiger charge is -2.35. The number of hydrogen-bond donors (Lipinski definition) is 8. The first-order valence-electron chi connectivity index (χ1n) is 18.2. The lowest BCUT2D eigenvalue weighted by Crippen LogP contribution is -2.67. The van der Waals surface area contributed by atoms with Gasteiger partial charge >= 0.3 is 0 Å². The summed E-state index contributed by atoms with van der Waals surface area (Å²) in [5, 5.41) is 21.1. The molecule has 1 aliphatic rings. The fraction of sp³-hybridized carbons (Fsp3) is 0.632. The number of hydrogen-bond acceptors (Lipinski definition) is 8. The average Bonchev–Trinajstić information content (AvgIpc) is 3.03. The highest BCUT2D eigenvalue weighted by molar-refractivity contribution is 6.01. The van der Waals surface area contributed by atoms with E-state index in [4.69, 9.17) is 0 Å². The maximum atomic E-state index is 13.7. The number of amides is 8. The fourth-order valence-corrected chi connectivity index (χ4v) is 5.43. The highest BCUT2D eigenvalue weighted by Crippen LogP contribution is 2.15. The van der Waals surface area contributed by atoms with Crippen molar-refractivity contribution in [3.8, 4) is 0 Å². The monoisotopic (exact) mass is 756 g/mol. The first-order chi connectivity index (χ1) is 24.7. The summed E-state index contributed by atoms with van der Waals surface area (Å²) in [6.07, 6.45) is 0.224. The summed E-state index contributed by atoms with van der Waals surface area (Å²) in [5.74, 6) is -6.16. The first kappa shape index (κ1) is 45.1. The smallest absolute Gasteiger partial charge is 0.246 e. The van der Waals surface area contributed by atoms with Crippen LogP contribution in [0.5, 0.6) is 0 Å². The molecular weight excluding hydrogens is 696 g/mol. The van der Waals surface area contributed by atoms with Gasteiger partial charge in [-0.2, -0.15) is 0 Å². The van der Waals surface area contributed by atoms with E-state index in [1.54, 1.807) is 44.2 Å². The van der Waals surface area contributed by atoms with Gasteiger partial charge in [-0.3, -0.25) is 38.4 Å². The Balaban J connectivity index is 2.57. The second-order valence-corrected chi connectivity index (χ2v) is 16.8. The molecule has 0 aromatic heterocycles. The van der Waals surface area contributed by atoms with Crippen LogP contribution in [0.2, 0.25) is 0 Å². The van der Waals surface area contributed by atoms with Crippen LogP contribution in [0.15, 0.2) is 30.3 Å². The zero-order valence-electron chi connectivity index (χ0n) is 33.7. The second kappa shape index (κ2) is 17.9. The molecule has 0 unspecified atom stereocenters. The Morgan fingerprint density at radius 2 is 1.02 bits per heavy atom. The van der Waals surface area contributed by atoms with Crippen LogP contribution in [0.3, 0.4) is 0 Å². The summed E-state index contributed by atoms with van der Waals surface area (Å²) in [7, 11) is 0. The van der Waals surface area contributed by atoms with Gasteiger partial charge in [-0.15, -0.1) is 0 Å². The van der Waals surface area contributed by atoms with Gasteiger partial charge < -0.3 is 42.5 Å². The third kappa shape index (κ3) is 12.8. The van der Waals surface area contributed by atoms with Gasteiger partial charge in [0.1, 0.15) is 40.3 Å². The molecule has 8 N–H and O–H groups in total. The lowest BCUT2D eigenvalue weighted by molar-refractivity contribution is -0.140. The molecule has 1 aliphatic heterocycles. The quantitative estimate of drug-likeness (QED) is 0.205. The Kier molecular flexibility index (Phi) is 14.9. The molecule has 0 bridgehead atoms. The minimum Gasteiger partial charge on any atom is -0.345 e. The van der Waals surface area contributed by atoms with E-state index in [0.717, 1.165) is 0 Å². The summed E-state index contributed by atoms with van der Waals surface area (Å²) >= 11 is 0. The highest BCUT2D eigenvalue weighted by atomic mass is 16.2. The van der Waals surface area contributed by atoms with Crippen molar-refractivity contribution in [1.82, 2.24) is 42.5 Å². The molecule has 0 aliphatic carbocycles. The Hall–Kier alpha value is -5.02. The first-order valence-corrected chi connectivity index (χ1v) is 18.2. The molecule has 1 saturated heterocycles. The molecule has 2 rings (SSSR count). The zero-order valence-corrected chi connectivity index (χ0v) is 33.7. The largest absolute Gasteiger partial charge is 0.345 e. The van der Waals surface area contributed by atoms with Crippen LogP contribution in [0.4, 0.5) is 0 Å². The number of rotatable bonds is 5. The Bertz CT molecular complexity index is 1590. The number of carbonyl (C=O) groups excluding carboxylic acids is 8. The standard InChI is InChI=1S/C38H60N8O8/c1-21(2)18-24-29(49)44-35(5,6)31(51)41-25(19-23-16-14-13-15-17-23)28(48)39-20-26(47)43-38(11,12)34(54)46-37(9,10)33(53)42-27(22(3)4)30(50)45-36(7,8)32(52)40-24/h13-17,21-22,24-25,27H,18-20H2,1-12H3,(H,39,48)(H,40,52)(H,41,51)(H,42,53)(H,43,47)(H,44,49)(H,45,50)(H,46,54)/t24-,25-,27-/m0/s1. The van der Waals surface area contributed by atoms with Crippen molar-refractivity contribution in [2.45, 2.75) is 136 Å². The van der Waals surface area contributed by atoms with E-state index < -0.39 is 100 Å². The van der Waals surface area contributed by atoms with Crippen molar-refractivity contribution in [2.24, 2.45) is 11.8 Å². The minimum atomic E-state index is -1.59. The second-order valence-electron chi connectivity index (χ2n) is 16.8. The van der Waals surface area contributed by atoms with Crippen molar-refractivity contribution in [2.75, 3.05) is 6.54 Å². The lowest BCUT2D eigenvalue weighted by atomic mass is 9.95. The minimum absolute atomic E-state index is 0.0413. The van der Waals surface area contributed by atoms with Gasteiger partial charge in [0.15, 0.2) is 0 Å². The number of carbonyl (C=O) groups is 8. The van der Waals surface area contributed by atoms with Gasteiger partial charge in [-0.25, -0.2) is 0 Å². The maximum Gasteiger partial charge on any atom is 0.246 e. The molecule has 0 saturated carbocycles. The van der Waals surface area contributed by atoms with Crippen LogP contribution >= 0.6 is 0 Å². The van der Waals surface area contributed by atoms with E-state index in [0.29, 0.717) is 5.56 Å². The topological polar surface area (TPSA) is 233 Å². The number of benzene rings is 1. The molecule has 3 atom stereocenters. The van der Waals surface area contributed by atoms with Crippen LogP contribution < -0.4 is 42.5 Å². The van der Waals surface area contributed by atoms with Crippen LogP contribution in [0.1, 0.15) is 95.1 Å². The van der Waals surface area contributed by atoms with Crippen molar-refractivity contribution in [3.63, 3.8) is 0 Å². The predicted molar refractivity (Wildman–Crippen MR) is 202 cm³/mol. The molecule has 16 heteroatoms. The molecule has 300 valence electrons. The third-order valence-electron chi connectivity index (χ3n) is 8.91. The molecule has 0 radical (unpaired) electrons. The summed E-state index contributed by atoms with van der Waals surface area (Å²) in [6, 6.07) is 5.41. The van der Waals surface area contributed by atoms with Crippen molar-refractivity contribution in [3.05, 3.63) is 35.9 Å². The van der Waals surface area contributed by atoms with Gasteiger partial charge in [0.2, 0.25) is 47.3 Å². The Morgan fingerprint density at radius 1 is 0.556 bits per heavy atom. The van der Waals surface area contributed by atoms with E-state index in [2.05, 4.69) is 42.5 Å². The van der Waals surface area contributed by atoms with Crippen LogP contribution in [0.25, 0.3) is 0 Å². The van der Waals surface area contributed by atoms with E-state index in [9.17, 15) is 38.4 Å². The van der Waals surface area contributed by atoms with Crippen LogP contribution in [-0.2, 0) is 44.8 Å². The summed E-state index contributed by atoms with van der Waals surface area (Å²) < 4.78 is 0. The molecule has 0 spiro atoms. The van der Waals surface area contributed by atoms with Crippen molar-refractivity contribution in [1.29, 1.82) is 0 Å². The Morgan fingerprint density at radius 3 is 1.54 bits per heavy atom. The van der Waals surface area contributed by atoms with Gasteiger partial charge in [0, 0.05) is 6.42 Å². The molecule has 1 aromatic rings. The molecule has 1 aromatic carbocycles. The van der Waals surface area contributed by atoms with Gasteiger partial charge in [0.25, 0.3) is 0 Å². The van der Waals surface area contributed by atoms with Crippen molar-refractivity contribution < 1.29 is 38.4 Å². The summed E-state index contributed by atoms with van der Waals surface area (Å²) in [4.78, 5) is 108. The molecule has 1 heterocycles. The molecule has 54 heavy (non-hydrogen) atoms. The zero-order chi connectivity index (χ0) is 41.4. The van der Waals surface area contributed by atoms with Crippen LogP contribution in [0, 0.1) is 11.8 Å². The van der Waals surface area contributed by atoms with Gasteiger partial charge in [-0.1, -0.05) is 58.0 Å². The predicted octanol–water partition coefficient (Wildman–Crippen LogP) is 0.0946. The van der Waals surface area contributed by atoms with E-state index >= 15 is 0 Å². The summed E-state index contributed by atoms with van der Waals surface area (Å²) in [5.41, 5.74) is -5.59. The molecular formula is C38H60N8O8. The molecule has 8 amide bonds. The average molecular weight is 757 g/mol. The van der Waals surface area contributed by atoms with E-state index in [1.165, 1.54) is 55.4 Å². The van der Waals surface area contributed by atoms with E-state index in [1.807, 2.05) is 13.8 Å². The number of nitrogens with one attached hydrogen (secondary N) is 8. The third-order valence-corrected chi connectivity index (χ3v) is 8.91. The van der Waals surface area contributed by atoms with Crippen molar-refractivity contribution >= 4 is 47.3 Å². The maximum absolute atomic E-state index is 13.7. The highest BCUT2D eigenvalue weighted by Gasteiger charge is 2.42. The molecule has 1 fully saturated rings. The SMILES string of the molecule is CC(C)C[C@@H]1NC(=O)C(C)(C)NC(=O)[C@H](C(C)C)NC(=O)C(C)(C)NC(=O)C(C)(C)NC(=O)CNC(=O)[C@H](Cc2ccccc2)NC(=O)C(C)(C)NC1=O. The van der Waals surface area contributed by atoms with Gasteiger partial charge in [0.05, 0.1) is 6.54 Å². The van der Waals surface area contributed by atoms with Gasteiger partial charge in [-0.05, 0) is 79.2 Å². The van der Waals surface area contributed by atoms with Crippen LogP contribution in [-0.4, -0.2) is 94.1 Å². The fourth-order valence-electron chi connectivity index (χ4n) is 5.43. The Labute approximate surface area is 318 Å². The van der Waals surface area contributed by atoms with E-state index in [-0.39, 0.29) is 18.8 Å².